The van der Waals surface area contributed by atoms with Gasteiger partial charge in [0.25, 0.3) is 0 Å². The van der Waals surface area contributed by atoms with Crippen molar-refractivity contribution in [1.82, 2.24) is 0 Å². The molecule has 0 saturated heterocycles. The Hall–Kier alpha value is 0.430. The summed E-state index contributed by atoms with van der Waals surface area (Å²) in [6, 6.07) is 0. The molecule has 15 heavy (non-hydrogen) atoms. The summed E-state index contributed by atoms with van der Waals surface area (Å²) in [4.78, 5) is 0. The van der Waals surface area contributed by atoms with E-state index < -0.39 is 0 Å². The molecule has 2 saturated carbocycles. The van der Waals surface area contributed by atoms with Gasteiger partial charge >= 0.3 is 0 Å². The topological polar surface area (TPSA) is 0 Å². The summed E-state index contributed by atoms with van der Waals surface area (Å²) in [6.45, 7) is 7.38. The molecule has 0 aliphatic heterocycles. The van der Waals surface area contributed by atoms with Gasteiger partial charge in [0.2, 0.25) is 0 Å². The Morgan fingerprint density at radius 3 is 2.47 bits per heavy atom. The molecule has 2 aliphatic rings. The van der Waals surface area contributed by atoms with E-state index in [0.717, 1.165) is 23.4 Å². The van der Waals surface area contributed by atoms with Crippen molar-refractivity contribution in [2.75, 3.05) is 0 Å². The van der Waals surface area contributed by atoms with Gasteiger partial charge in [-0.1, -0.05) is 33.6 Å². The van der Waals surface area contributed by atoms with Gasteiger partial charge in [0.1, 0.15) is 0 Å². The summed E-state index contributed by atoms with van der Waals surface area (Å²) in [6.07, 6.45) is 8.95. The normalized spacial score (nSPS) is 48.4. The molecule has 3 unspecified atom stereocenters. The molecule has 0 radical (unpaired) electrons. The largest absolute Gasteiger partial charge is 0.134 e. The van der Waals surface area contributed by atoms with Crippen molar-refractivity contribution in [3.63, 3.8) is 0 Å². The Morgan fingerprint density at radius 1 is 1.27 bits per heavy atom. The third-order valence-corrected chi connectivity index (χ3v) is 6.11. The highest BCUT2D eigenvalue weighted by Crippen LogP contribution is 2.54. The average molecular weight is 226 g/mol. The van der Waals surface area contributed by atoms with Crippen LogP contribution in [0.25, 0.3) is 0 Å². The zero-order valence-corrected chi connectivity index (χ0v) is 11.8. The molecule has 1 heteroatoms. The third kappa shape index (κ3) is 2.12. The highest BCUT2D eigenvalue weighted by Gasteiger charge is 2.45. The second kappa shape index (κ2) is 4.36. The number of hydrogen-bond donors (Lipinski definition) is 0. The van der Waals surface area contributed by atoms with Crippen LogP contribution in [0.4, 0.5) is 0 Å². The molecule has 2 fully saturated rings. The zero-order valence-electron chi connectivity index (χ0n) is 10.6. The van der Waals surface area contributed by atoms with Gasteiger partial charge in [0.15, 0.2) is 0 Å². The van der Waals surface area contributed by atoms with Crippen LogP contribution < -0.4 is 0 Å². The van der Waals surface area contributed by atoms with Crippen LogP contribution in [0.1, 0.15) is 59.3 Å². The Balaban J connectivity index is 2.06. The summed E-state index contributed by atoms with van der Waals surface area (Å²) in [5.74, 6) is 3.10. The van der Waals surface area contributed by atoms with E-state index in [1.807, 2.05) is 0 Å². The monoisotopic (exact) mass is 226 g/mol. The molecule has 0 N–H and O–H groups in total. The summed E-state index contributed by atoms with van der Waals surface area (Å²) >= 11 is 0. The van der Waals surface area contributed by atoms with Crippen molar-refractivity contribution >= 4 is 9.24 Å². The molecule has 0 amide bonds. The second-order valence-electron chi connectivity index (χ2n) is 6.48. The maximum Gasteiger partial charge on any atom is -0.0235 e. The Morgan fingerprint density at radius 2 is 1.93 bits per heavy atom. The standard InChI is InChI=1S/C14H27P/c1-10-8-12(9-10)13-6-4-5-7-14(13,3)11(2)15/h10-13H,4-9,15H2,1-3H3/t10?,11-,12?,13?,14?/m1/s1. The lowest BCUT2D eigenvalue weighted by molar-refractivity contribution is 0.00634. The maximum absolute atomic E-state index is 3.08. The molecule has 0 bridgehead atoms. The van der Waals surface area contributed by atoms with Gasteiger partial charge in [-0.25, -0.2) is 0 Å². The Kier molecular flexibility index (Phi) is 3.46. The predicted molar refractivity (Wildman–Crippen MR) is 71.1 cm³/mol. The van der Waals surface area contributed by atoms with Crippen LogP contribution in [0.5, 0.6) is 0 Å². The van der Waals surface area contributed by atoms with Crippen molar-refractivity contribution in [3.8, 4) is 0 Å². The third-order valence-electron chi connectivity index (χ3n) is 5.35. The second-order valence-corrected chi connectivity index (χ2v) is 7.48. The first-order chi connectivity index (χ1) is 7.04. The maximum atomic E-state index is 3.08. The fraction of sp³-hybridized carbons (Fsp3) is 1.00. The van der Waals surface area contributed by atoms with Crippen LogP contribution in [0.2, 0.25) is 0 Å². The van der Waals surface area contributed by atoms with Crippen LogP contribution in [-0.2, 0) is 0 Å². The predicted octanol–water partition coefficient (Wildman–Crippen LogP) is 4.49. The van der Waals surface area contributed by atoms with E-state index in [0.29, 0.717) is 5.41 Å². The van der Waals surface area contributed by atoms with Crippen molar-refractivity contribution in [1.29, 1.82) is 0 Å². The van der Waals surface area contributed by atoms with Crippen LogP contribution in [0.15, 0.2) is 0 Å². The molecule has 0 spiro atoms. The molecular formula is C14H27P. The molecule has 0 aromatic heterocycles. The molecular weight excluding hydrogens is 199 g/mol. The van der Waals surface area contributed by atoms with E-state index in [1.54, 1.807) is 0 Å². The quantitative estimate of drug-likeness (QED) is 0.608. The summed E-state index contributed by atoms with van der Waals surface area (Å²) in [5.41, 5.74) is 1.41. The van der Waals surface area contributed by atoms with E-state index in [1.165, 1.54) is 38.5 Å². The lowest BCUT2D eigenvalue weighted by Crippen LogP contribution is -2.44. The van der Waals surface area contributed by atoms with Gasteiger partial charge in [-0.2, -0.15) is 0 Å². The minimum Gasteiger partial charge on any atom is -0.134 e. The van der Waals surface area contributed by atoms with Gasteiger partial charge in [-0.15, -0.1) is 9.24 Å². The number of rotatable bonds is 2. The van der Waals surface area contributed by atoms with Gasteiger partial charge in [-0.05, 0) is 54.5 Å². The Labute approximate surface area is 97.8 Å². The molecule has 88 valence electrons. The molecule has 0 aromatic carbocycles. The minimum absolute atomic E-state index is 0.619. The first-order valence-electron chi connectivity index (χ1n) is 6.79. The highest BCUT2D eigenvalue weighted by atomic mass is 31.0. The van der Waals surface area contributed by atoms with Gasteiger partial charge in [-0.3, -0.25) is 0 Å². The SMILES string of the molecule is CC1CC(C2CCCCC2(C)[C@@H](C)P)C1. The average Bonchev–Trinajstić information content (AvgIpc) is 2.14. The van der Waals surface area contributed by atoms with Crippen LogP contribution >= 0.6 is 9.24 Å². The van der Waals surface area contributed by atoms with Gasteiger partial charge < -0.3 is 0 Å². The lowest BCUT2D eigenvalue weighted by Gasteiger charge is -2.52. The van der Waals surface area contributed by atoms with Gasteiger partial charge in [0.05, 0.1) is 0 Å². The molecule has 2 rings (SSSR count). The first kappa shape index (κ1) is 11.9. The molecule has 0 aromatic rings. The molecule has 2 aliphatic carbocycles. The Bertz CT molecular complexity index is 217. The first-order valence-corrected chi connectivity index (χ1v) is 7.46. The summed E-state index contributed by atoms with van der Waals surface area (Å²) < 4.78 is 0. The van der Waals surface area contributed by atoms with E-state index in [9.17, 15) is 0 Å². The van der Waals surface area contributed by atoms with Crippen LogP contribution in [0.3, 0.4) is 0 Å². The lowest BCUT2D eigenvalue weighted by atomic mass is 9.55. The molecule has 0 nitrogen and oxygen atoms in total. The molecule has 4 atom stereocenters. The van der Waals surface area contributed by atoms with Crippen molar-refractivity contribution in [3.05, 3.63) is 0 Å². The van der Waals surface area contributed by atoms with E-state index >= 15 is 0 Å². The van der Waals surface area contributed by atoms with Gasteiger partial charge in [0, 0.05) is 0 Å². The summed E-state index contributed by atoms with van der Waals surface area (Å²) in [7, 11) is 3.08. The highest BCUT2D eigenvalue weighted by molar-refractivity contribution is 7.17. The van der Waals surface area contributed by atoms with E-state index in [4.69, 9.17) is 0 Å². The minimum atomic E-state index is 0.619. The zero-order chi connectivity index (χ0) is 11.1. The van der Waals surface area contributed by atoms with Crippen molar-refractivity contribution in [2.45, 2.75) is 65.0 Å². The fourth-order valence-electron chi connectivity index (χ4n) is 4.02. The number of hydrogen-bond acceptors (Lipinski definition) is 0. The van der Waals surface area contributed by atoms with Crippen molar-refractivity contribution in [2.24, 2.45) is 23.2 Å². The van der Waals surface area contributed by atoms with E-state index in [2.05, 4.69) is 30.0 Å². The van der Waals surface area contributed by atoms with Crippen molar-refractivity contribution < 1.29 is 0 Å². The fourth-order valence-corrected chi connectivity index (χ4v) is 4.43. The molecule has 0 heterocycles. The smallest absolute Gasteiger partial charge is 0.0235 e. The van der Waals surface area contributed by atoms with E-state index in [-0.39, 0.29) is 0 Å². The van der Waals surface area contributed by atoms with Crippen LogP contribution in [0, 0.1) is 23.2 Å². The van der Waals surface area contributed by atoms with Crippen LogP contribution in [-0.4, -0.2) is 5.66 Å². The summed E-state index contributed by atoms with van der Waals surface area (Å²) in [5, 5.41) is 0.